The maximum absolute atomic E-state index is 12.0. The van der Waals surface area contributed by atoms with Crippen LogP contribution in [-0.2, 0) is 9.53 Å². The number of esters is 1. The fraction of sp³-hybridized carbons (Fsp3) is 0.167. The summed E-state index contributed by atoms with van der Waals surface area (Å²) < 4.78 is 15.0. The van der Waals surface area contributed by atoms with Crippen molar-refractivity contribution in [3.8, 4) is 11.5 Å². The van der Waals surface area contributed by atoms with Gasteiger partial charge in [-0.05, 0) is 29.8 Å². The maximum Gasteiger partial charge on any atom is 0.343 e. The zero-order valence-corrected chi connectivity index (χ0v) is 16.1. The average Bonchev–Trinajstić information content (AvgIpc) is 2.72. The van der Waals surface area contributed by atoms with Gasteiger partial charge in [-0.2, -0.15) is 5.10 Å². The van der Waals surface area contributed by atoms with Gasteiger partial charge in [0, 0.05) is 17.7 Å². The number of methoxy groups -OCH3 is 2. The number of nitro benzene ring substituents is 1. The SMILES string of the molecule is COC(=O)COc1c(Cl)cc(C=NNC(=O)c2ccc([N+](=O)[O-])cc2)cc1OC. The summed E-state index contributed by atoms with van der Waals surface area (Å²) in [6.45, 7) is -0.342. The fourth-order valence-corrected chi connectivity index (χ4v) is 2.38. The Hall–Kier alpha value is -3.66. The van der Waals surface area contributed by atoms with E-state index in [9.17, 15) is 19.7 Å². The number of hydrogen-bond donors (Lipinski definition) is 1. The molecule has 0 unspecified atom stereocenters. The molecule has 29 heavy (non-hydrogen) atoms. The Morgan fingerprint density at radius 3 is 2.52 bits per heavy atom. The highest BCUT2D eigenvalue weighted by Gasteiger charge is 2.14. The number of carbonyl (C=O) groups is 2. The van der Waals surface area contributed by atoms with Crippen molar-refractivity contribution < 1.29 is 28.7 Å². The normalized spacial score (nSPS) is 10.4. The van der Waals surface area contributed by atoms with Crippen LogP contribution in [-0.4, -0.2) is 43.8 Å². The summed E-state index contributed by atoms with van der Waals surface area (Å²) in [6, 6.07) is 8.11. The van der Waals surface area contributed by atoms with Crippen LogP contribution in [0, 0.1) is 10.1 Å². The van der Waals surface area contributed by atoms with Crippen LogP contribution in [0.25, 0.3) is 0 Å². The van der Waals surface area contributed by atoms with E-state index in [1.54, 1.807) is 6.07 Å². The number of hydrazone groups is 1. The van der Waals surface area contributed by atoms with Gasteiger partial charge in [-0.1, -0.05) is 11.6 Å². The molecule has 0 fully saturated rings. The van der Waals surface area contributed by atoms with E-state index in [0.717, 1.165) is 0 Å². The molecule has 0 saturated carbocycles. The smallest absolute Gasteiger partial charge is 0.343 e. The summed E-state index contributed by atoms with van der Waals surface area (Å²) in [7, 11) is 2.63. The van der Waals surface area contributed by atoms with E-state index in [-0.39, 0.29) is 34.4 Å². The second-order valence-corrected chi connectivity index (χ2v) is 5.81. The molecule has 0 saturated heterocycles. The van der Waals surface area contributed by atoms with Crippen LogP contribution in [0.4, 0.5) is 5.69 Å². The maximum atomic E-state index is 12.0. The number of nitro groups is 1. The average molecular weight is 422 g/mol. The number of hydrogen-bond acceptors (Lipinski definition) is 8. The molecule has 0 aliphatic heterocycles. The number of amides is 1. The number of nitrogens with zero attached hydrogens (tertiary/aromatic N) is 2. The zero-order chi connectivity index (χ0) is 21.4. The predicted molar refractivity (Wildman–Crippen MR) is 104 cm³/mol. The molecule has 0 radical (unpaired) electrons. The molecule has 0 atom stereocenters. The minimum atomic E-state index is -0.581. The predicted octanol–water partition coefficient (Wildman–Crippen LogP) is 2.57. The highest BCUT2D eigenvalue weighted by atomic mass is 35.5. The molecular weight excluding hydrogens is 406 g/mol. The second kappa shape index (κ2) is 10.0. The molecule has 1 N–H and O–H groups in total. The summed E-state index contributed by atoms with van der Waals surface area (Å²) >= 11 is 6.16. The van der Waals surface area contributed by atoms with Crippen LogP contribution in [0.2, 0.25) is 5.02 Å². The Kier molecular flexibility index (Phi) is 7.49. The van der Waals surface area contributed by atoms with E-state index in [1.807, 2.05) is 0 Å². The van der Waals surface area contributed by atoms with Crippen molar-refractivity contribution in [3.63, 3.8) is 0 Å². The van der Waals surface area contributed by atoms with E-state index in [1.165, 1.54) is 50.8 Å². The molecule has 2 aromatic carbocycles. The van der Waals surface area contributed by atoms with Crippen molar-refractivity contribution in [2.75, 3.05) is 20.8 Å². The topological polar surface area (TPSA) is 129 Å². The minimum Gasteiger partial charge on any atom is -0.493 e. The van der Waals surface area contributed by atoms with Crippen LogP contribution in [0.15, 0.2) is 41.5 Å². The van der Waals surface area contributed by atoms with Gasteiger partial charge in [-0.3, -0.25) is 14.9 Å². The van der Waals surface area contributed by atoms with E-state index in [2.05, 4.69) is 15.3 Å². The lowest BCUT2D eigenvalue weighted by Gasteiger charge is -2.12. The minimum absolute atomic E-state index is 0.124. The molecular formula is C18H16ClN3O7. The third-order valence-corrected chi connectivity index (χ3v) is 3.81. The fourth-order valence-electron chi connectivity index (χ4n) is 2.11. The molecule has 2 rings (SSSR count). The number of halogens is 1. The van der Waals surface area contributed by atoms with E-state index in [0.29, 0.717) is 5.56 Å². The quantitative estimate of drug-likeness (QED) is 0.300. The third kappa shape index (κ3) is 5.91. The summed E-state index contributed by atoms with van der Waals surface area (Å²) in [6.07, 6.45) is 1.32. The van der Waals surface area contributed by atoms with E-state index < -0.39 is 16.8 Å². The van der Waals surface area contributed by atoms with Crippen LogP contribution >= 0.6 is 11.6 Å². The first-order chi connectivity index (χ1) is 13.8. The Morgan fingerprint density at radius 2 is 1.93 bits per heavy atom. The van der Waals surface area contributed by atoms with Crippen molar-refractivity contribution in [1.82, 2.24) is 5.43 Å². The molecule has 0 heterocycles. The summed E-state index contributed by atoms with van der Waals surface area (Å²) in [5, 5.41) is 14.6. The Labute approximate surface area is 170 Å². The molecule has 0 spiro atoms. The third-order valence-electron chi connectivity index (χ3n) is 3.53. The Balaban J connectivity index is 2.07. The molecule has 0 aliphatic carbocycles. The van der Waals surface area contributed by atoms with E-state index in [4.69, 9.17) is 21.1 Å². The number of ether oxygens (including phenoxy) is 3. The van der Waals surface area contributed by atoms with Crippen LogP contribution in [0.5, 0.6) is 11.5 Å². The van der Waals surface area contributed by atoms with Crippen LogP contribution in [0.1, 0.15) is 15.9 Å². The first-order valence-corrected chi connectivity index (χ1v) is 8.38. The van der Waals surface area contributed by atoms with Gasteiger partial charge in [0.05, 0.1) is 30.4 Å². The number of carbonyl (C=O) groups excluding carboxylic acids is 2. The van der Waals surface area contributed by atoms with Gasteiger partial charge < -0.3 is 14.2 Å². The second-order valence-electron chi connectivity index (χ2n) is 5.40. The molecule has 0 aliphatic rings. The highest BCUT2D eigenvalue weighted by Crippen LogP contribution is 2.36. The number of non-ortho nitro benzene ring substituents is 1. The largest absolute Gasteiger partial charge is 0.493 e. The molecule has 11 heteroatoms. The monoisotopic (exact) mass is 421 g/mol. The lowest BCUT2D eigenvalue weighted by atomic mass is 10.2. The number of nitrogens with one attached hydrogen (secondary N) is 1. The van der Waals surface area contributed by atoms with Crippen molar-refractivity contribution >= 4 is 35.4 Å². The molecule has 0 aromatic heterocycles. The lowest BCUT2D eigenvalue weighted by molar-refractivity contribution is -0.384. The molecule has 152 valence electrons. The summed E-state index contributed by atoms with van der Waals surface area (Å²) in [5.74, 6) is -0.717. The van der Waals surface area contributed by atoms with Crippen LogP contribution < -0.4 is 14.9 Å². The molecule has 2 aromatic rings. The molecule has 1 amide bonds. The van der Waals surface area contributed by atoms with Crippen molar-refractivity contribution in [2.24, 2.45) is 5.10 Å². The first kappa shape index (κ1) is 21.6. The number of rotatable bonds is 8. The molecule has 10 nitrogen and oxygen atoms in total. The van der Waals surface area contributed by atoms with Gasteiger partial charge in [0.15, 0.2) is 18.1 Å². The van der Waals surface area contributed by atoms with Crippen LogP contribution in [0.3, 0.4) is 0 Å². The lowest BCUT2D eigenvalue weighted by Crippen LogP contribution is -2.17. The Bertz CT molecular complexity index is 945. The van der Waals surface area contributed by atoms with E-state index >= 15 is 0 Å². The zero-order valence-electron chi connectivity index (χ0n) is 15.4. The summed E-state index contributed by atoms with van der Waals surface area (Å²) in [5.41, 5.74) is 2.87. The van der Waals surface area contributed by atoms with Gasteiger partial charge >= 0.3 is 5.97 Å². The van der Waals surface area contributed by atoms with Gasteiger partial charge in [0.1, 0.15) is 0 Å². The summed E-state index contributed by atoms with van der Waals surface area (Å²) in [4.78, 5) is 33.3. The van der Waals surface area contributed by atoms with Gasteiger partial charge in [-0.25, -0.2) is 10.2 Å². The van der Waals surface area contributed by atoms with Gasteiger partial charge in [-0.15, -0.1) is 0 Å². The standard InChI is InChI=1S/C18H16ClN3O7/c1-27-15-8-11(7-14(19)17(15)29-10-16(23)28-2)9-20-21-18(24)12-3-5-13(6-4-12)22(25)26/h3-9H,10H2,1-2H3,(H,21,24). The highest BCUT2D eigenvalue weighted by molar-refractivity contribution is 6.32. The van der Waals surface area contributed by atoms with Crippen molar-refractivity contribution in [1.29, 1.82) is 0 Å². The first-order valence-electron chi connectivity index (χ1n) is 8.00. The van der Waals surface area contributed by atoms with Crippen molar-refractivity contribution in [2.45, 2.75) is 0 Å². The molecule has 0 bridgehead atoms. The van der Waals surface area contributed by atoms with Gasteiger partial charge in [0.2, 0.25) is 0 Å². The Morgan fingerprint density at radius 1 is 1.24 bits per heavy atom. The number of benzene rings is 2. The van der Waals surface area contributed by atoms with Crippen molar-refractivity contribution in [3.05, 3.63) is 62.7 Å². The van der Waals surface area contributed by atoms with Gasteiger partial charge in [0.25, 0.3) is 11.6 Å².